The number of nitrogens with one attached hydrogen (secondary N) is 1. The van der Waals surface area contributed by atoms with E-state index in [0.29, 0.717) is 21.9 Å². The molecule has 0 aliphatic heterocycles. The smallest absolute Gasteiger partial charge is 0.262 e. The highest BCUT2D eigenvalue weighted by atomic mass is 35.5. The average Bonchev–Trinajstić information content (AvgIpc) is 2.97. The maximum absolute atomic E-state index is 12.7. The first-order valence-corrected chi connectivity index (χ1v) is 8.73. The van der Waals surface area contributed by atoms with E-state index < -0.39 is 0 Å². The van der Waals surface area contributed by atoms with Crippen LogP contribution in [-0.2, 0) is 17.8 Å². The van der Waals surface area contributed by atoms with Gasteiger partial charge in [-0.25, -0.2) is 4.98 Å². The molecule has 0 radical (unpaired) electrons. The van der Waals surface area contributed by atoms with E-state index in [1.807, 2.05) is 13.0 Å². The number of anilines is 1. The number of hydrogen-bond acceptors (Lipinski definition) is 4. The lowest BCUT2D eigenvalue weighted by molar-refractivity contribution is -0.116. The Labute approximate surface area is 147 Å². The predicted molar refractivity (Wildman–Crippen MR) is 98.1 cm³/mol. The zero-order valence-corrected chi connectivity index (χ0v) is 14.9. The largest absolute Gasteiger partial charge is 0.323 e. The molecule has 0 saturated carbocycles. The molecule has 0 aliphatic carbocycles. The maximum atomic E-state index is 12.7. The number of aryl methyl sites for hydroxylation is 2. The summed E-state index contributed by atoms with van der Waals surface area (Å²) in [5.41, 5.74) is 0.329. The van der Waals surface area contributed by atoms with Crippen LogP contribution in [0.1, 0.15) is 17.6 Å². The minimum Gasteiger partial charge on any atom is -0.323 e. The van der Waals surface area contributed by atoms with Crippen molar-refractivity contribution in [3.8, 4) is 0 Å². The minimum absolute atomic E-state index is 0.101. The highest BCUT2D eigenvalue weighted by Crippen LogP contribution is 2.22. The molecule has 0 atom stereocenters. The molecule has 0 bridgehead atoms. The first-order chi connectivity index (χ1) is 11.5. The first-order valence-electron chi connectivity index (χ1n) is 7.54. The Morgan fingerprint density at radius 3 is 2.83 bits per heavy atom. The Bertz CT molecular complexity index is 978. The Hall–Kier alpha value is -2.18. The zero-order valence-electron chi connectivity index (χ0n) is 13.3. The number of benzene rings is 1. The molecule has 24 heavy (non-hydrogen) atoms. The average molecular weight is 362 g/mol. The number of halogens is 1. The number of amides is 1. The van der Waals surface area contributed by atoms with Crippen LogP contribution in [0, 0.1) is 6.92 Å². The minimum atomic E-state index is -0.319. The van der Waals surface area contributed by atoms with Crippen LogP contribution < -0.4 is 10.9 Å². The Morgan fingerprint density at radius 1 is 1.38 bits per heavy atom. The van der Waals surface area contributed by atoms with Gasteiger partial charge in [0.1, 0.15) is 17.2 Å². The van der Waals surface area contributed by atoms with Gasteiger partial charge in [-0.3, -0.25) is 14.2 Å². The van der Waals surface area contributed by atoms with E-state index in [1.165, 1.54) is 15.9 Å². The second-order valence-electron chi connectivity index (χ2n) is 5.36. The third kappa shape index (κ3) is 3.20. The quantitative estimate of drug-likeness (QED) is 0.771. The Balaban J connectivity index is 1.91. The SMILES string of the molecule is CCc1cc2c(=O)n(CC(=O)Nc3ccccc3Cl)c(C)nc2s1. The van der Waals surface area contributed by atoms with Crippen molar-refractivity contribution in [3.63, 3.8) is 0 Å². The van der Waals surface area contributed by atoms with E-state index in [0.717, 1.165) is 16.1 Å². The van der Waals surface area contributed by atoms with E-state index in [4.69, 9.17) is 11.6 Å². The zero-order chi connectivity index (χ0) is 17.3. The molecule has 124 valence electrons. The molecule has 5 nitrogen and oxygen atoms in total. The molecule has 7 heteroatoms. The van der Waals surface area contributed by atoms with Gasteiger partial charge in [-0.1, -0.05) is 30.7 Å². The Kier molecular flexibility index (Phi) is 4.69. The van der Waals surface area contributed by atoms with Gasteiger partial charge in [0.15, 0.2) is 0 Å². The van der Waals surface area contributed by atoms with Gasteiger partial charge in [0.25, 0.3) is 5.56 Å². The van der Waals surface area contributed by atoms with Gasteiger partial charge in [0.2, 0.25) is 5.91 Å². The molecule has 3 rings (SSSR count). The van der Waals surface area contributed by atoms with Crippen LogP contribution in [0.2, 0.25) is 5.02 Å². The van der Waals surface area contributed by atoms with Crippen LogP contribution in [-0.4, -0.2) is 15.5 Å². The summed E-state index contributed by atoms with van der Waals surface area (Å²) in [4.78, 5) is 31.2. The number of carbonyl (C=O) groups is 1. The summed E-state index contributed by atoms with van der Waals surface area (Å²) in [6, 6.07) is 8.83. The van der Waals surface area contributed by atoms with Gasteiger partial charge in [0, 0.05) is 4.88 Å². The van der Waals surface area contributed by atoms with Crippen molar-refractivity contribution < 1.29 is 4.79 Å². The number of aromatic nitrogens is 2. The molecule has 0 spiro atoms. The second kappa shape index (κ2) is 6.75. The van der Waals surface area contributed by atoms with Crippen LogP contribution >= 0.6 is 22.9 Å². The van der Waals surface area contributed by atoms with Gasteiger partial charge >= 0.3 is 0 Å². The predicted octanol–water partition coefficient (Wildman–Crippen LogP) is 3.62. The molecule has 0 fully saturated rings. The summed E-state index contributed by atoms with van der Waals surface area (Å²) in [6.07, 6.45) is 0.854. The van der Waals surface area contributed by atoms with E-state index in [9.17, 15) is 9.59 Å². The summed E-state index contributed by atoms with van der Waals surface area (Å²) in [7, 11) is 0. The number of fused-ring (bicyclic) bond motifs is 1. The fraction of sp³-hybridized carbons (Fsp3) is 0.235. The number of carbonyl (C=O) groups excluding carboxylic acids is 1. The van der Waals surface area contributed by atoms with Crippen LogP contribution in [0.3, 0.4) is 0 Å². The molecule has 3 aromatic rings. The number of nitrogens with zero attached hydrogens (tertiary/aromatic N) is 2. The molecule has 1 N–H and O–H groups in total. The van der Waals surface area contributed by atoms with Crippen molar-refractivity contribution >= 4 is 44.7 Å². The van der Waals surface area contributed by atoms with Crippen molar-refractivity contribution in [1.82, 2.24) is 9.55 Å². The van der Waals surface area contributed by atoms with Crippen molar-refractivity contribution in [2.45, 2.75) is 26.8 Å². The molecular formula is C17H16ClN3O2S. The van der Waals surface area contributed by atoms with Gasteiger partial charge in [0.05, 0.1) is 16.1 Å². The molecule has 1 amide bonds. The van der Waals surface area contributed by atoms with E-state index in [-0.39, 0.29) is 18.0 Å². The number of rotatable bonds is 4. The van der Waals surface area contributed by atoms with E-state index in [1.54, 1.807) is 31.2 Å². The summed E-state index contributed by atoms with van der Waals surface area (Å²) in [6.45, 7) is 3.66. The van der Waals surface area contributed by atoms with Crippen LogP contribution in [0.5, 0.6) is 0 Å². The number of hydrogen-bond donors (Lipinski definition) is 1. The highest BCUT2D eigenvalue weighted by molar-refractivity contribution is 7.18. The molecule has 0 saturated heterocycles. The van der Waals surface area contributed by atoms with Crippen molar-refractivity contribution in [1.29, 1.82) is 0 Å². The van der Waals surface area contributed by atoms with E-state index in [2.05, 4.69) is 10.3 Å². The molecule has 2 aromatic heterocycles. The van der Waals surface area contributed by atoms with Gasteiger partial charge < -0.3 is 5.32 Å². The lowest BCUT2D eigenvalue weighted by Crippen LogP contribution is -2.29. The number of thiophene rings is 1. The lowest BCUT2D eigenvalue weighted by Gasteiger charge is -2.10. The second-order valence-corrected chi connectivity index (χ2v) is 6.89. The molecule has 0 aliphatic rings. The van der Waals surface area contributed by atoms with Crippen molar-refractivity contribution in [3.05, 3.63) is 56.4 Å². The van der Waals surface area contributed by atoms with Gasteiger partial charge in [-0.2, -0.15) is 0 Å². The topological polar surface area (TPSA) is 64.0 Å². The van der Waals surface area contributed by atoms with Crippen LogP contribution in [0.25, 0.3) is 10.2 Å². The monoisotopic (exact) mass is 361 g/mol. The van der Waals surface area contributed by atoms with Gasteiger partial charge in [-0.15, -0.1) is 11.3 Å². The third-order valence-corrected chi connectivity index (χ3v) is 5.19. The highest BCUT2D eigenvalue weighted by Gasteiger charge is 2.14. The molecule has 0 unspecified atom stereocenters. The van der Waals surface area contributed by atoms with E-state index >= 15 is 0 Å². The fourth-order valence-corrected chi connectivity index (χ4v) is 3.61. The van der Waals surface area contributed by atoms with Crippen molar-refractivity contribution in [2.24, 2.45) is 0 Å². The Morgan fingerprint density at radius 2 is 2.12 bits per heavy atom. The van der Waals surface area contributed by atoms with Crippen molar-refractivity contribution in [2.75, 3.05) is 5.32 Å². The summed E-state index contributed by atoms with van der Waals surface area (Å²) >= 11 is 7.55. The lowest BCUT2D eigenvalue weighted by atomic mass is 10.3. The van der Waals surface area contributed by atoms with Gasteiger partial charge in [-0.05, 0) is 31.5 Å². The van der Waals surface area contributed by atoms with Crippen LogP contribution in [0.4, 0.5) is 5.69 Å². The molecular weight excluding hydrogens is 346 g/mol. The molecule has 2 heterocycles. The fourth-order valence-electron chi connectivity index (χ4n) is 2.42. The first kappa shape index (κ1) is 16.7. The molecule has 1 aromatic carbocycles. The summed E-state index contributed by atoms with van der Waals surface area (Å²) < 4.78 is 1.39. The summed E-state index contributed by atoms with van der Waals surface area (Å²) in [5.74, 6) is 0.201. The van der Waals surface area contributed by atoms with Crippen LogP contribution in [0.15, 0.2) is 35.1 Å². The third-order valence-electron chi connectivity index (χ3n) is 3.69. The number of para-hydroxylation sites is 1. The maximum Gasteiger partial charge on any atom is 0.262 e. The summed E-state index contributed by atoms with van der Waals surface area (Å²) in [5, 5.41) is 3.74. The normalized spacial score (nSPS) is 11.0. The standard InChI is InChI=1S/C17H16ClN3O2S/c1-3-11-8-12-16(24-11)19-10(2)21(17(12)23)9-15(22)20-14-7-5-4-6-13(14)18/h4-8H,3,9H2,1-2H3,(H,20,22).